The van der Waals surface area contributed by atoms with Crippen LogP contribution >= 0.6 is 11.6 Å². The zero-order valence-electron chi connectivity index (χ0n) is 15.5. The van der Waals surface area contributed by atoms with Crippen LogP contribution in [0, 0.1) is 5.92 Å². The van der Waals surface area contributed by atoms with Crippen LogP contribution < -0.4 is 5.32 Å². The summed E-state index contributed by atoms with van der Waals surface area (Å²) >= 11 is 6.52. The number of nitrogens with one attached hydrogen (secondary N) is 1. The van der Waals surface area contributed by atoms with Crippen LogP contribution in [-0.2, 0) is 0 Å². The SMILES string of the molecule is CN(C)C(c1ccccc1Cl)C1CCCCC1NC(=O)c1ccccc1. The molecule has 1 saturated carbocycles. The first-order valence-electron chi connectivity index (χ1n) is 9.34. The van der Waals surface area contributed by atoms with E-state index in [0.29, 0.717) is 5.92 Å². The standard InChI is InChI=1S/C22H27ClN2O/c1-25(2)21(17-12-6-8-14-19(17)23)18-13-7-9-15-20(18)24-22(26)16-10-4-3-5-11-16/h3-6,8,10-12,14,18,20-21H,7,9,13,15H2,1-2H3,(H,24,26). The highest BCUT2D eigenvalue weighted by Crippen LogP contribution is 2.40. The summed E-state index contributed by atoms with van der Waals surface area (Å²) < 4.78 is 0. The topological polar surface area (TPSA) is 32.3 Å². The molecule has 0 aromatic heterocycles. The fraction of sp³-hybridized carbons (Fsp3) is 0.409. The maximum absolute atomic E-state index is 12.7. The summed E-state index contributed by atoms with van der Waals surface area (Å²) in [6.45, 7) is 0. The van der Waals surface area contributed by atoms with Gasteiger partial charge in [-0.15, -0.1) is 0 Å². The van der Waals surface area contributed by atoms with Crippen LogP contribution in [0.4, 0.5) is 0 Å². The van der Waals surface area contributed by atoms with Crippen molar-refractivity contribution in [3.63, 3.8) is 0 Å². The van der Waals surface area contributed by atoms with Gasteiger partial charge in [-0.1, -0.05) is 60.8 Å². The third-order valence-corrected chi connectivity index (χ3v) is 5.70. The number of carbonyl (C=O) groups is 1. The van der Waals surface area contributed by atoms with E-state index in [0.717, 1.165) is 35.4 Å². The minimum atomic E-state index is 0.0131. The van der Waals surface area contributed by atoms with Crippen molar-refractivity contribution in [2.24, 2.45) is 5.92 Å². The second kappa shape index (κ2) is 8.70. The summed E-state index contributed by atoms with van der Waals surface area (Å²) in [6, 6.07) is 17.9. The molecule has 0 radical (unpaired) electrons. The third-order valence-electron chi connectivity index (χ3n) is 5.36. The van der Waals surface area contributed by atoms with Gasteiger partial charge >= 0.3 is 0 Å². The average Bonchev–Trinajstić information content (AvgIpc) is 2.65. The number of rotatable bonds is 5. The number of hydrogen-bond donors (Lipinski definition) is 1. The average molecular weight is 371 g/mol. The van der Waals surface area contributed by atoms with Crippen LogP contribution in [0.5, 0.6) is 0 Å². The van der Waals surface area contributed by atoms with Crippen LogP contribution in [-0.4, -0.2) is 30.9 Å². The van der Waals surface area contributed by atoms with Crippen molar-refractivity contribution in [3.05, 3.63) is 70.7 Å². The highest BCUT2D eigenvalue weighted by molar-refractivity contribution is 6.31. The number of halogens is 1. The van der Waals surface area contributed by atoms with Gasteiger partial charge in [0.1, 0.15) is 0 Å². The van der Waals surface area contributed by atoms with Crippen LogP contribution in [0.1, 0.15) is 47.6 Å². The molecule has 3 atom stereocenters. The molecular formula is C22H27ClN2O. The first-order valence-corrected chi connectivity index (χ1v) is 9.72. The molecule has 26 heavy (non-hydrogen) atoms. The van der Waals surface area contributed by atoms with Gasteiger partial charge in [0, 0.05) is 22.7 Å². The van der Waals surface area contributed by atoms with E-state index >= 15 is 0 Å². The summed E-state index contributed by atoms with van der Waals surface area (Å²) in [5.74, 6) is 0.352. The second-order valence-corrected chi connectivity index (χ2v) is 7.73. The maximum Gasteiger partial charge on any atom is 0.251 e. The Bertz CT molecular complexity index is 732. The Morgan fingerprint density at radius 1 is 1.04 bits per heavy atom. The molecule has 0 aliphatic heterocycles. The lowest BCUT2D eigenvalue weighted by atomic mass is 9.77. The lowest BCUT2D eigenvalue weighted by Crippen LogP contribution is -2.46. The molecule has 1 fully saturated rings. The molecule has 0 spiro atoms. The third kappa shape index (κ3) is 4.28. The normalized spacial score (nSPS) is 21.4. The Morgan fingerprint density at radius 3 is 2.38 bits per heavy atom. The van der Waals surface area contributed by atoms with E-state index in [4.69, 9.17) is 11.6 Å². The Balaban J connectivity index is 1.85. The molecule has 0 heterocycles. The van der Waals surface area contributed by atoms with Crippen molar-refractivity contribution >= 4 is 17.5 Å². The molecule has 1 aliphatic carbocycles. The molecule has 0 bridgehead atoms. The highest BCUT2D eigenvalue weighted by Gasteiger charge is 2.35. The van der Waals surface area contributed by atoms with Crippen molar-refractivity contribution in [2.75, 3.05) is 14.1 Å². The fourth-order valence-electron chi connectivity index (χ4n) is 4.16. The number of amides is 1. The second-order valence-electron chi connectivity index (χ2n) is 7.32. The van der Waals surface area contributed by atoms with E-state index in [1.807, 2.05) is 48.5 Å². The number of nitrogens with zero attached hydrogens (tertiary/aromatic N) is 1. The minimum absolute atomic E-state index is 0.0131. The van der Waals surface area contributed by atoms with Gasteiger partial charge < -0.3 is 10.2 Å². The molecule has 0 saturated heterocycles. The predicted octanol–water partition coefficient (Wildman–Crippen LogP) is 4.93. The largest absolute Gasteiger partial charge is 0.349 e. The van der Waals surface area contributed by atoms with Crippen LogP contribution in [0.3, 0.4) is 0 Å². The fourth-order valence-corrected chi connectivity index (χ4v) is 4.41. The van der Waals surface area contributed by atoms with Gasteiger partial charge in [-0.2, -0.15) is 0 Å². The molecule has 1 N–H and O–H groups in total. The van der Waals surface area contributed by atoms with E-state index < -0.39 is 0 Å². The van der Waals surface area contributed by atoms with Gasteiger partial charge in [0.15, 0.2) is 0 Å². The Kier molecular flexibility index (Phi) is 6.33. The van der Waals surface area contributed by atoms with Crippen molar-refractivity contribution < 1.29 is 4.79 Å². The molecule has 3 unspecified atom stereocenters. The van der Waals surface area contributed by atoms with Gasteiger partial charge in [-0.3, -0.25) is 4.79 Å². The van der Waals surface area contributed by atoms with Crippen molar-refractivity contribution in [1.82, 2.24) is 10.2 Å². The molecule has 2 aromatic carbocycles. The maximum atomic E-state index is 12.7. The summed E-state index contributed by atoms with van der Waals surface area (Å²) in [7, 11) is 4.19. The van der Waals surface area contributed by atoms with Crippen LogP contribution in [0.15, 0.2) is 54.6 Å². The van der Waals surface area contributed by atoms with E-state index in [9.17, 15) is 4.79 Å². The minimum Gasteiger partial charge on any atom is -0.349 e. The molecular weight excluding hydrogens is 344 g/mol. The summed E-state index contributed by atoms with van der Waals surface area (Å²) in [5, 5.41) is 4.10. The molecule has 3 rings (SSSR count). The monoisotopic (exact) mass is 370 g/mol. The number of benzene rings is 2. The number of carbonyl (C=O) groups excluding carboxylic acids is 1. The van der Waals surface area contributed by atoms with E-state index in [1.165, 1.54) is 6.42 Å². The molecule has 1 amide bonds. The van der Waals surface area contributed by atoms with Gasteiger partial charge in [0.05, 0.1) is 0 Å². The molecule has 1 aliphatic rings. The number of hydrogen-bond acceptors (Lipinski definition) is 2. The van der Waals surface area contributed by atoms with E-state index in [2.05, 4.69) is 30.4 Å². The van der Waals surface area contributed by atoms with E-state index in [1.54, 1.807) is 0 Å². The molecule has 4 heteroatoms. The predicted molar refractivity (Wildman–Crippen MR) is 108 cm³/mol. The van der Waals surface area contributed by atoms with Crippen molar-refractivity contribution in [3.8, 4) is 0 Å². The lowest BCUT2D eigenvalue weighted by molar-refractivity contribution is 0.0845. The highest BCUT2D eigenvalue weighted by atomic mass is 35.5. The molecule has 3 nitrogen and oxygen atoms in total. The summed E-state index contributed by atoms with van der Waals surface area (Å²) in [6.07, 6.45) is 4.45. The lowest BCUT2D eigenvalue weighted by Gasteiger charge is -2.41. The first-order chi connectivity index (χ1) is 12.6. The Hall–Kier alpha value is -1.84. The van der Waals surface area contributed by atoms with Crippen LogP contribution in [0.25, 0.3) is 0 Å². The van der Waals surface area contributed by atoms with Crippen molar-refractivity contribution in [2.45, 2.75) is 37.8 Å². The zero-order chi connectivity index (χ0) is 18.5. The van der Waals surface area contributed by atoms with Gasteiger partial charge in [0.2, 0.25) is 0 Å². The van der Waals surface area contributed by atoms with Gasteiger partial charge in [-0.25, -0.2) is 0 Å². The first kappa shape index (κ1) is 18.9. The summed E-state index contributed by atoms with van der Waals surface area (Å²) in [5.41, 5.74) is 1.86. The quantitative estimate of drug-likeness (QED) is 0.809. The smallest absolute Gasteiger partial charge is 0.251 e. The Morgan fingerprint density at radius 2 is 1.69 bits per heavy atom. The zero-order valence-corrected chi connectivity index (χ0v) is 16.2. The summed E-state index contributed by atoms with van der Waals surface area (Å²) in [4.78, 5) is 14.9. The van der Waals surface area contributed by atoms with Gasteiger partial charge in [-0.05, 0) is 56.6 Å². The van der Waals surface area contributed by atoms with Crippen molar-refractivity contribution in [1.29, 1.82) is 0 Å². The Labute approximate surface area is 161 Å². The van der Waals surface area contributed by atoms with E-state index in [-0.39, 0.29) is 18.0 Å². The van der Waals surface area contributed by atoms with Crippen LogP contribution in [0.2, 0.25) is 5.02 Å². The molecule has 2 aromatic rings. The molecule has 138 valence electrons. The van der Waals surface area contributed by atoms with Gasteiger partial charge in [0.25, 0.3) is 5.91 Å².